The van der Waals surface area contributed by atoms with E-state index in [4.69, 9.17) is 4.74 Å². The Kier molecular flexibility index (Phi) is 8.92. The Hall–Kier alpha value is -2.14. The van der Waals surface area contributed by atoms with Crippen LogP contribution in [0, 0.1) is 39.9 Å². The topological polar surface area (TPSA) is 83.8 Å². The molecule has 212 valence electrons. The third kappa shape index (κ3) is 5.08. The smallest absolute Gasteiger partial charge is 0.306 e. The average Bonchev–Trinajstić information content (AvgIpc) is 3.03. The lowest BCUT2D eigenvalue weighted by Crippen LogP contribution is -2.48. The van der Waals surface area contributed by atoms with Crippen LogP contribution in [-0.2, 0) is 14.3 Å². The molecule has 3 aliphatic rings. The largest absolute Gasteiger partial charge is 0.481 e. The van der Waals surface area contributed by atoms with Crippen LogP contribution in [0.4, 0.5) is 0 Å². The minimum Gasteiger partial charge on any atom is -0.481 e. The summed E-state index contributed by atoms with van der Waals surface area (Å²) >= 11 is 0. The molecule has 5 heteroatoms. The second-order valence-electron chi connectivity index (χ2n) is 13.1. The average molecular weight is 527 g/mol. The normalized spacial score (nSPS) is 35.0. The maximum absolute atomic E-state index is 12.6. The SMILES string of the molecule is C=C(CCC(C(=O)O)[C@H]1C(O)C[C@@]2(C)C3=CC[C@@H](C(=C)C)[C@](C)(CCC(=O)OCC)C3=CC[C@]12C)C(C)C. The fraction of sp³-hybridized carbons (Fsp3) is 0.697. The van der Waals surface area contributed by atoms with Crippen molar-refractivity contribution < 1.29 is 24.5 Å². The van der Waals surface area contributed by atoms with Crippen LogP contribution in [0.2, 0.25) is 0 Å². The molecule has 5 nitrogen and oxygen atoms in total. The van der Waals surface area contributed by atoms with Crippen molar-refractivity contribution in [2.24, 2.45) is 39.9 Å². The summed E-state index contributed by atoms with van der Waals surface area (Å²) in [7, 11) is 0. The maximum atomic E-state index is 12.6. The van der Waals surface area contributed by atoms with Crippen LogP contribution in [0.25, 0.3) is 0 Å². The molecule has 0 amide bonds. The number of rotatable bonds is 11. The molecule has 7 atom stereocenters. The first-order chi connectivity index (χ1) is 17.6. The third-order valence-electron chi connectivity index (χ3n) is 10.7. The van der Waals surface area contributed by atoms with E-state index in [2.05, 4.69) is 66.9 Å². The highest BCUT2D eigenvalue weighted by Gasteiger charge is 2.65. The van der Waals surface area contributed by atoms with E-state index in [9.17, 15) is 19.8 Å². The predicted molar refractivity (Wildman–Crippen MR) is 152 cm³/mol. The minimum absolute atomic E-state index is 0.179. The van der Waals surface area contributed by atoms with Gasteiger partial charge in [-0.2, -0.15) is 0 Å². The van der Waals surface area contributed by atoms with Crippen molar-refractivity contribution in [2.75, 3.05) is 6.61 Å². The van der Waals surface area contributed by atoms with E-state index in [1.165, 1.54) is 11.1 Å². The van der Waals surface area contributed by atoms with Crippen molar-refractivity contribution in [3.8, 4) is 0 Å². The van der Waals surface area contributed by atoms with Gasteiger partial charge in [-0.1, -0.05) is 71.1 Å². The van der Waals surface area contributed by atoms with E-state index < -0.39 is 23.4 Å². The molecule has 0 aromatic carbocycles. The number of esters is 1. The number of fused-ring (bicyclic) bond motifs is 3. The molecule has 1 fully saturated rings. The molecule has 3 aliphatic carbocycles. The predicted octanol–water partition coefficient (Wildman–Crippen LogP) is 7.28. The second-order valence-corrected chi connectivity index (χ2v) is 13.1. The zero-order valence-electron chi connectivity index (χ0n) is 24.7. The number of ether oxygens (including phenoxy) is 1. The van der Waals surface area contributed by atoms with Gasteiger partial charge in [-0.3, -0.25) is 9.59 Å². The molecule has 0 aromatic heterocycles. The van der Waals surface area contributed by atoms with Gasteiger partial charge in [-0.25, -0.2) is 0 Å². The quantitative estimate of drug-likeness (QED) is 0.218. The fourth-order valence-electron chi connectivity index (χ4n) is 8.08. The summed E-state index contributed by atoms with van der Waals surface area (Å²) in [6.45, 7) is 23.6. The summed E-state index contributed by atoms with van der Waals surface area (Å²) in [5.74, 6) is -1.49. The van der Waals surface area contributed by atoms with E-state index in [1.54, 1.807) is 0 Å². The lowest BCUT2D eigenvalue weighted by atomic mass is 9.48. The van der Waals surface area contributed by atoms with Crippen LogP contribution in [-0.4, -0.2) is 34.9 Å². The van der Waals surface area contributed by atoms with E-state index in [1.807, 2.05) is 6.92 Å². The maximum Gasteiger partial charge on any atom is 0.306 e. The van der Waals surface area contributed by atoms with Gasteiger partial charge in [0.25, 0.3) is 0 Å². The van der Waals surface area contributed by atoms with Crippen LogP contribution in [0.5, 0.6) is 0 Å². The number of aliphatic carboxylic acids is 1. The zero-order valence-corrected chi connectivity index (χ0v) is 24.7. The summed E-state index contributed by atoms with van der Waals surface area (Å²) in [6, 6.07) is 0. The minimum atomic E-state index is -0.829. The molecule has 0 aromatic rings. The lowest BCUT2D eigenvalue weighted by Gasteiger charge is -2.56. The van der Waals surface area contributed by atoms with Crippen molar-refractivity contribution in [1.82, 2.24) is 0 Å². The van der Waals surface area contributed by atoms with Gasteiger partial charge in [-0.05, 0) is 86.2 Å². The second kappa shape index (κ2) is 11.2. The highest BCUT2D eigenvalue weighted by Crippen LogP contribution is 2.70. The molecule has 0 saturated heterocycles. The molecule has 2 unspecified atom stereocenters. The number of aliphatic hydroxyl groups is 1. The monoisotopic (exact) mass is 526 g/mol. The van der Waals surface area contributed by atoms with Crippen molar-refractivity contribution in [2.45, 2.75) is 99.5 Å². The van der Waals surface area contributed by atoms with E-state index in [0.717, 1.165) is 17.6 Å². The van der Waals surface area contributed by atoms with Crippen LogP contribution < -0.4 is 0 Å². The fourth-order valence-corrected chi connectivity index (χ4v) is 8.08. The van der Waals surface area contributed by atoms with Gasteiger partial charge in [0.1, 0.15) is 0 Å². The molecular weight excluding hydrogens is 476 g/mol. The number of allylic oxidation sites excluding steroid dienone is 6. The Balaban J connectivity index is 2.02. The van der Waals surface area contributed by atoms with Gasteiger partial charge >= 0.3 is 11.9 Å². The molecule has 38 heavy (non-hydrogen) atoms. The summed E-state index contributed by atoms with van der Waals surface area (Å²) in [5, 5.41) is 21.9. The van der Waals surface area contributed by atoms with Crippen molar-refractivity contribution in [3.63, 3.8) is 0 Å². The number of carbonyl (C=O) groups excluding carboxylic acids is 1. The van der Waals surface area contributed by atoms with Gasteiger partial charge in [0.05, 0.1) is 18.6 Å². The van der Waals surface area contributed by atoms with Crippen LogP contribution in [0.15, 0.2) is 47.6 Å². The Morgan fingerprint density at radius 3 is 2.34 bits per heavy atom. The molecule has 0 bridgehead atoms. The Labute approximate surface area is 230 Å². The molecule has 0 heterocycles. The van der Waals surface area contributed by atoms with Crippen LogP contribution >= 0.6 is 0 Å². The van der Waals surface area contributed by atoms with Crippen LogP contribution in [0.3, 0.4) is 0 Å². The van der Waals surface area contributed by atoms with E-state index in [-0.39, 0.29) is 28.6 Å². The van der Waals surface area contributed by atoms with Gasteiger partial charge in [0.2, 0.25) is 0 Å². The third-order valence-corrected chi connectivity index (χ3v) is 10.7. The first kappa shape index (κ1) is 30.4. The first-order valence-electron chi connectivity index (χ1n) is 14.4. The van der Waals surface area contributed by atoms with Crippen molar-refractivity contribution in [3.05, 3.63) is 47.6 Å². The summed E-state index contributed by atoms with van der Waals surface area (Å²) in [4.78, 5) is 25.0. The van der Waals surface area contributed by atoms with E-state index in [0.29, 0.717) is 51.0 Å². The summed E-state index contributed by atoms with van der Waals surface area (Å²) in [5.41, 5.74) is 3.59. The number of hydrogen-bond acceptors (Lipinski definition) is 4. The van der Waals surface area contributed by atoms with Crippen molar-refractivity contribution >= 4 is 11.9 Å². The number of hydrogen-bond donors (Lipinski definition) is 2. The number of aliphatic hydroxyl groups excluding tert-OH is 1. The number of carboxylic acid groups (broad SMARTS) is 1. The summed E-state index contributed by atoms with van der Waals surface area (Å²) in [6.07, 6.45) is 8.14. The number of carbonyl (C=O) groups is 2. The standard InChI is InChI=1S/C33H50O5/c1-10-38-28(35)16-17-31(7)24(21(4)5)13-14-26-25(31)15-18-32(8)29(27(34)19-33(26,32)9)23(30(36)37)12-11-22(6)20(2)3/h14-15,20,23-24,27,29,34H,4,6,10-13,16-19H2,1-3,5,7-9H3,(H,36,37)/t23?,24-,27?,29-,31-,32+,33-/m0/s1. The molecule has 0 aliphatic heterocycles. The summed E-state index contributed by atoms with van der Waals surface area (Å²) < 4.78 is 5.26. The highest BCUT2D eigenvalue weighted by molar-refractivity contribution is 5.71. The first-order valence-corrected chi connectivity index (χ1v) is 14.4. The number of carboxylic acids is 1. The Morgan fingerprint density at radius 2 is 1.79 bits per heavy atom. The highest BCUT2D eigenvalue weighted by atomic mass is 16.5. The molecule has 2 N–H and O–H groups in total. The molecule has 3 rings (SSSR count). The Morgan fingerprint density at radius 1 is 1.13 bits per heavy atom. The molecule has 1 saturated carbocycles. The van der Waals surface area contributed by atoms with Crippen LogP contribution in [0.1, 0.15) is 93.4 Å². The lowest BCUT2D eigenvalue weighted by molar-refractivity contribution is -0.148. The van der Waals surface area contributed by atoms with Gasteiger partial charge in [0, 0.05) is 17.8 Å². The van der Waals surface area contributed by atoms with E-state index >= 15 is 0 Å². The molecule has 0 spiro atoms. The molecule has 0 radical (unpaired) electrons. The van der Waals surface area contributed by atoms with Crippen molar-refractivity contribution in [1.29, 1.82) is 0 Å². The zero-order chi connectivity index (χ0) is 28.6. The van der Waals surface area contributed by atoms with Gasteiger partial charge in [0.15, 0.2) is 0 Å². The molecular formula is C33H50O5. The Bertz CT molecular complexity index is 1030. The van der Waals surface area contributed by atoms with Gasteiger partial charge < -0.3 is 14.9 Å². The van der Waals surface area contributed by atoms with Gasteiger partial charge in [-0.15, -0.1) is 0 Å².